The number of hydrogen-bond acceptors (Lipinski definition) is 5. The fraction of sp³-hybridized carbons (Fsp3) is 0.650. The Bertz CT molecular complexity index is 826. The average Bonchev–Trinajstić information content (AvgIpc) is 2.92. The van der Waals surface area contributed by atoms with Crippen molar-refractivity contribution in [3.8, 4) is 11.5 Å². The third-order valence-electron chi connectivity index (χ3n) is 5.50. The lowest BCUT2D eigenvalue weighted by atomic mass is 10.00. The molecule has 1 aromatic carbocycles. The Morgan fingerprint density at radius 3 is 2.75 bits per heavy atom. The minimum Gasteiger partial charge on any atom is -0.489 e. The molecule has 156 valence electrons. The lowest BCUT2D eigenvalue weighted by molar-refractivity contribution is -0.134. The number of carbonyl (C=O) groups excluding carboxylic acids is 1. The topological polar surface area (TPSA) is 72.9 Å². The number of rotatable bonds is 5. The summed E-state index contributed by atoms with van der Waals surface area (Å²) in [6.07, 6.45) is 4.52. The Balaban J connectivity index is 1.78. The van der Waals surface area contributed by atoms with Gasteiger partial charge in [-0.25, -0.2) is 8.42 Å². The molecule has 1 saturated heterocycles. The first kappa shape index (κ1) is 21.2. The number of amides is 1. The summed E-state index contributed by atoms with van der Waals surface area (Å²) in [6.45, 7) is 5.15. The molecule has 0 aromatic heterocycles. The predicted octanol–water partition coefficient (Wildman–Crippen LogP) is 3.60. The van der Waals surface area contributed by atoms with Crippen LogP contribution in [0.15, 0.2) is 12.1 Å². The van der Waals surface area contributed by atoms with E-state index in [9.17, 15) is 13.2 Å². The van der Waals surface area contributed by atoms with Crippen LogP contribution in [0.3, 0.4) is 0 Å². The van der Waals surface area contributed by atoms with Crippen molar-refractivity contribution >= 4 is 27.3 Å². The van der Waals surface area contributed by atoms with E-state index in [2.05, 4.69) is 0 Å². The van der Waals surface area contributed by atoms with Crippen LogP contribution in [0, 0.1) is 0 Å². The maximum absolute atomic E-state index is 13.0. The van der Waals surface area contributed by atoms with E-state index >= 15 is 0 Å². The highest BCUT2D eigenvalue weighted by Crippen LogP contribution is 2.38. The van der Waals surface area contributed by atoms with Gasteiger partial charge in [-0.2, -0.15) is 0 Å². The van der Waals surface area contributed by atoms with E-state index < -0.39 is 15.1 Å². The van der Waals surface area contributed by atoms with Crippen molar-refractivity contribution in [2.75, 3.05) is 19.8 Å². The molecule has 2 aliphatic rings. The van der Waals surface area contributed by atoms with E-state index in [1.165, 1.54) is 6.92 Å². The number of nitrogens with zero attached hydrogens (tertiary/aromatic N) is 1. The summed E-state index contributed by atoms with van der Waals surface area (Å²) in [5.41, 5.74) is 0.500. The van der Waals surface area contributed by atoms with Crippen molar-refractivity contribution in [3.05, 3.63) is 22.7 Å². The van der Waals surface area contributed by atoms with Gasteiger partial charge in [-0.05, 0) is 50.3 Å². The zero-order valence-electron chi connectivity index (χ0n) is 16.4. The highest BCUT2D eigenvalue weighted by atomic mass is 35.5. The Hall–Kier alpha value is -1.47. The number of sulfone groups is 1. The van der Waals surface area contributed by atoms with Gasteiger partial charge in [0.15, 0.2) is 21.3 Å². The lowest BCUT2D eigenvalue weighted by Gasteiger charge is -2.36. The molecule has 1 amide bonds. The van der Waals surface area contributed by atoms with Crippen molar-refractivity contribution in [2.45, 2.75) is 63.0 Å². The minimum atomic E-state index is -3.69. The maximum Gasteiger partial charge on any atom is 0.240 e. The highest BCUT2D eigenvalue weighted by Gasteiger charge is 2.35. The molecule has 1 fully saturated rings. The van der Waals surface area contributed by atoms with E-state index in [1.807, 2.05) is 6.92 Å². The van der Waals surface area contributed by atoms with Crippen LogP contribution >= 0.6 is 11.6 Å². The monoisotopic (exact) mass is 429 g/mol. The van der Waals surface area contributed by atoms with Crippen LogP contribution in [-0.4, -0.2) is 50.3 Å². The lowest BCUT2D eigenvalue weighted by Crippen LogP contribution is -2.49. The van der Waals surface area contributed by atoms with Crippen LogP contribution in [0.1, 0.15) is 51.5 Å². The van der Waals surface area contributed by atoms with Crippen molar-refractivity contribution in [2.24, 2.45) is 0 Å². The summed E-state index contributed by atoms with van der Waals surface area (Å²) in [4.78, 5) is 14.7. The minimum absolute atomic E-state index is 0.131. The Kier molecular flexibility index (Phi) is 6.76. The third kappa shape index (κ3) is 4.57. The highest BCUT2D eigenvalue weighted by molar-refractivity contribution is 7.92. The van der Waals surface area contributed by atoms with Gasteiger partial charge < -0.3 is 14.4 Å². The molecule has 2 heterocycles. The number of benzene rings is 1. The fourth-order valence-electron chi connectivity index (χ4n) is 3.83. The molecular formula is C20H28ClNO5S. The zero-order chi connectivity index (χ0) is 20.3. The second-order valence-electron chi connectivity index (χ2n) is 7.49. The number of likely N-dealkylation sites (tertiary alicyclic amines) is 1. The van der Waals surface area contributed by atoms with Crippen molar-refractivity contribution in [1.29, 1.82) is 0 Å². The van der Waals surface area contributed by atoms with Gasteiger partial charge in [-0.3, -0.25) is 4.79 Å². The molecule has 8 heteroatoms. The van der Waals surface area contributed by atoms with E-state index in [1.54, 1.807) is 17.0 Å². The molecule has 3 rings (SSSR count). The summed E-state index contributed by atoms with van der Waals surface area (Å²) in [6, 6.07) is 3.36. The predicted molar refractivity (Wildman–Crippen MR) is 109 cm³/mol. The second-order valence-corrected chi connectivity index (χ2v) is 10.2. The molecule has 0 aliphatic carbocycles. The second kappa shape index (κ2) is 8.91. The standard InChI is InChI=1S/C20H28ClNO5S/c1-3-16-7-4-5-8-22(16)20(23)14(2)28(24,25)13-15-11-17(21)19-18(12-15)26-9-6-10-27-19/h11-12,14,16H,3-10,13H2,1-2H3/t14-,16+/m1/s1. The number of fused-ring (bicyclic) bond motifs is 1. The number of halogens is 1. The first-order chi connectivity index (χ1) is 13.3. The summed E-state index contributed by atoms with van der Waals surface area (Å²) < 4.78 is 37.2. The molecule has 1 aromatic rings. The quantitative estimate of drug-likeness (QED) is 0.715. The SMILES string of the molecule is CC[C@H]1CCCCN1C(=O)[C@@H](C)S(=O)(=O)Cc1cc(Cl)c2c(c1)OCCCO2. The molecule has 0 bridgehead atoms. The number of piperidine rings is 1. The molecular weight excluding hydrogens is 402 g/mol. The van der Waals surface area contributed by atoms with Gasteiger partial charge in [-0.1, -0.05) is 18.5 Å². The van der Waals surface area contributed by atoms with Gasteiger partial charge in [0.05, 0.1) is 24.0 Å². The number of ether oxygens (including phenoxy) is 2. The Labute approximate surface area is 172 Å². The normalized spacial score (nSPS) is 21.1. The van der Waals surface area contributed by atoms with E-state index in [4.69, 9.17) is 21.1 Å². The van der Waals surface area contributed by atoms with E-state index in [0.29, 0.717) is 41.8 Å². The number of hydrogen-bond donors (Lipinski definition) is 0. The van der Waals surface area contributed by atoms with E-state index in [0.717, 1.165) is 32.1 Å². The van der Waals surface area contributed by atoms with Gasteiger partial charge in [0.25, 0.3) is 0 Å². The largest absolute Gasteiger partial charge is 0.489 e. The molecule has 0 N–H and O–H groups in total. The van der Waals surface area contributed by atoms with Crippen LogP contribution in [0.4, 0.5) is 0 Å². The first-order valence-electron chi connectivity index (χ1n) is 9.93. The number of carbonyl (C=O) groups is 1. The van der Waals surface area contributed by atoms with Gasteiger partial charge in [-0.15, -0.1) is 0 Å². The van der Waals surface area contributed by atoms with Crippen molar-refractivity contribution < 1.29 is 22.7 Å². The van der Waals surface area contributed by atoms with Crippen LogP contribution < -0.4 is 9.47 Å². The molecule has 0 saturated carbocycles. The van der Waals surface area contributed by atoms with Crippen LogP contribution in [0.2, 0.25) is 5.02 Å². The van der Waals surface area contributed by atoms with Crippen molar-refractivity contribution in [1.82, 2.24) is 4.90 Å². The summed E-state index contributed by atoms with van der Waals surface area (Å²) in [5.74, 6) is 0.341. The third-order valence-corrected chi connectivity index (χ3v) is 7.79. The maximum atomic E-state index is 13.0. The fourth-order valence-corrected chi connectivity index (χ4v) is 5.44. The van der Waals surface area contributed by atoms with Crippen LogP contribution in [0.25, 0.3) is 0 Å². The molecule has 6 nitrogen and oxygen atoms in total. The van der Waals surface area contributed by atoms with Gasteiger partial charge in [0, 0.05) is 19.0 Å². The van der Waals surface area contributed by atoms with Gasteiger partial charge in [0.2, 0.25) is 5.91 Å². The smallest absolute Gasteiger partial charge is 0.240 e. The first-order valence-corrected chi connectivity index (χ1v) is 12.0. The van der Waals surface area contributed by atoms with Crippen LogP contribution in [-0.2, 0) is 20.4 Å². The summed E-state index contributed by atoms with van der Waals surface area (Å²) >= 11 is 6.28. The van der Waals surface area contributed by atoms with Crippen LogP contribution in [0.5, 0.6) is 11.5 Å². The van der Waals surface area contributed by atoms with E-state index in [-0.39, 0.29) is 17.7 Å². The molecule has 0 spiro atoms. The van der Waals surface area contributed by atoms with Gasteiger partial charge in [0.1, 0.15) is 5.25 Å². The molecule has 0 radical (unpaired) electrons. The van der Waals surface area contributed by atoms with Crippen molar-refractivity contribution in [3.63, 3.8) is 0 Å². The molecule has 0 unspecified atom stereocenters. The Morgan fingerprint density at radius 1 is 1.25 bits per heavy atom. The molecule has 28 heavy (non-hydrogen) atoms. The Morgan fingerprint density at radius 2 is 2.00 bits per heavy atom. The molecule has 2 aliphatic heterocycles. The summed E-state index contributed by atoms with van der Waals surface area (Å²) in [7, 11) is -3.69. The summed E-state index contributed by atoms with van der Waals surface area (Å²) in [5, 5.41) is -0.764. The average molecular weight is 430 g/mol. The van der Waals surface area contributed by atoms with Gasteiger partial charge >= 0.3 is 0 Å². The molecule has 2 atom stereocenters. The zero-order valence-corrected chi connectivity index (χ0v) is 18.0.